The maximum absolute atomic E-state index is 11.9. The zero-order valence-corrected chi connectivity index (χ0v) is 11.1. The highest BCUT2D eigenvalue weighted by molar-refractivity contribution is 5.84. The summed E-state index contributed by atoms with van der Waals surface area (Å²) < 4.78 is 1.77. The molecule has 1 aromatic heterocycles. The Labute approximate surface area is 107 Å². The van der Waals surface area contributed by atoms with Crippen LogP contribution in [-0.2, 0) is 11.3 Å². The Bertz CT molecular complexity index is 559. The van der Waals surface area contributed by atoms with Crippen LogP contribution in [0.3, 0.4) is 0 Å². The van der Waals surface area contributed by atoms with Crippen molar-refractivity contribution >= 4 is 16.8 Å². The van der Waals surface area contributed by atoms with Gasteiger partial charge >= 0.3 is 0 Å². The third-order valence-electron chi connectivity index (χ3n) is 3.16. The van der Waals surface area contributed by atoms with E-state index in [4.69, 9.17) is 0 Å². The van der Waals surface area contributed by atoms with Gasteiger partial charge in [-0.3, -0.25) is 9.48 Å². The van der Waals surface area contributed by atoms with Gasteiger partial charge in [0.25, 0.3) is 0 Å². The van der Waals surface area contributed by atoms with E-state index in [1.165, 1.54) is 0 Å². The number of hydrogen-bond acceptors (Lipinski definition) is 2. The zero-order valence-electron chi connectivity index (χ0n) is 11.1. The van der Waals surface area contributed by atoms with Crippen molar-refractivity contribution < 1.29 is 4.79 Å². The first kappa shape index (κ1) is 12.6. The molecule has 0 aliphatic heterocycles. The molecule has 96 valence electrons. The van der Waals surface area contributed by atoms with Crippen molar-refractivity contribution in [2.24, 2.45) is 0 Å². The summed E-state index contributed by atoms with van der Waals surface area (Å²) in [7, 11) is 0. The number of benzene rings is 1. The monoisotopic (exact) mass is 245 g/mol. The Kier molecular flexibility index (Phi) is 3.65. The zero-order chi connectivity index (χ0) is 13.1. The molecule has 18 heavy (non-hydrogen) atoms. The quantitative estimate of drug-likeness (QED) is 0.898. The van der Waals surface area contributed by atoms with Crippen molar-refractivity contribution in [2.45, 2.75) is 39.8 Å². The molecule has 0 unspecified atom stereocenters. The van der Waals surface area contributed by atoms with Crippen LogP contribution >= 0.6 is 0 Å². The van der Waals surface area contributed by atoms with Gasteiger partial charge in [-0.25, -0.2) is 0 Å². The third kappa shape index (κ3) is 2.53. The first-order valence-corrected chi connectivity index (χ1v) is 6.33. The fourth-order valence-corrected chi connectivity index (χ4v) is 1.97. The summed E-state index contributed by atoms with van der Waals surface area (Å²) in [6.45, 7) is 6.30. The summed E-state index contributed by atoms with van der Waals surface area (Å²) in [4.78, 5) is 11.9. The molecule has 2 rings (SSSR count). The smallest absolute Gasteiger partial charge is 0.241 e. The molecule has 0 saturated heterocycles. The van der Waals surface area contributed by atoms with E-state index >= 15 is 0 Å². The Balaban J connectivity index is 2.19. The minimum atomic E-state index is 0.0117. The van der Waals surface area contributed by atoms with Gasteiger partial charge in [0.15, 0.2) is 0 Å². The number of carbonyl (C=O) groups is 1. The van der Waals surface area contributed by atoms with E-state index in [9.17, 15) is 4.79 Å². The topological polar surface area (TPSA) is 46.9 Å². The average Bonchev–Trinajstić information content (AvgIpc) is 2.67. The second-order valence-corrected chi connectivity index (χ2v) is 4.64. The number of aryl methyl sites for hydroxylation is 1. The molecular formula is C14H19N3O. The van der Waals surface area contributed by atoms with Crippen molar-refractivity contribution in [3.8, 4) is 0 Å². The third-order valence-corrected chi connectivity index (χ3v) is 3.16. The molecule has 1 atom stereocenters. The molecule has 0 saturated carbocycles. The van der Waals surface area contributed by atoms with Gasteiger partial charge < -0.3 is 5.32 Å². The fourth-order valence-electron chi connectivity index (χ4n) is 1.97. The minimum absolute atomic E-state index is 0.0117. The number of nitrogens with zero attached hydrogens (tertiary/aromatic N) is 2. The van der Waals surface area contributed by atoms with E-state index in [2.05, 4.69) is 17.3 Å². The highest BCUT2D eigenvalue weighted by Gasteiger charge is 2.11. The van der Waals surface area contributed by atoms with E-state index in [1.807, 2.05) is 38.1 Å². The van der Waals surface area contributed by atoms with E-state index < -0.39 is 0 Å². The van der Waals surface area contributed by atoms with Crippen molar-refractivity contribution in [3.63, 3.8) is 0 Å². The lowest BCUT2D eigenvalue weighted by Gasteiger charge is -2.11. The van der Waals surface area contributed by atoms with Gasteiger partial charge in [0.05, 0.1) is 11.2 Å². The summed E-state index contributed by atoms with van der Waals surface area (Å²) in [6, 6.07) is 8.18. The molecule has 2 aromatic rings. The van der Waals surface area contributed by atoms with Gasteiger partial charge in [0.1, 0.15) is 6.54 Å². The van der Waals surface area contributed by atoms with E-state index in [1.54, 1.807) is 4.68 Å². The summed E-state index contributed by atoms with van der Waals surface area (Å²) in [5, 5.41) is 8.48. The number of rotatable bonds is 4. The fraction of sp³-hybridized carbons (Fsp3) is 0.429. The molecule has 0 radical (unpaired) electrons. The standard InChI is InChI=1S/C14H19N3O/c1-4-10(2)15-14(18)9-17-13-8-6-5-7-12(13)11(3)16-17/h5-8,10H,4,9H2,1-3H3,(H,15,18)/t10-/m1/s1. The lowest BCUT2D eigenvalue weighted by molar-refractivity contribution is -0.122. The van der Waals surface area contributed by atoms with Crippen molar-refractivity contribution in [2.75, 3.05) is 0 Å². The van der Waals surface area contributed by atoms with E-state index in [0.29, 0.717) is 0 Å². The van der Waals surface area contributed by atoms with E-state index in [-0.39, 0.29) is 18.5 Å². The van der Waals surface area contributed by atoms with Gasteiger partial charge in [-0.05, 0) is 26.3 Å². The molecule has 1 amide bonds. The summed E-state index contributed by atoms with van der Waals surface area (Å²) in [5.74, 6) is 0.0117. The van der Waals surface area contributed by atoms with Crippen molar-refractivity contribution in [1.82, 2.24) is 15.1 Å². The van der Waals surface area contributed by atoms with Crippen molar-refractivity contribution in [1.29, 1.82) is 0 Å². The lowest BCUT2D eigenvalue weighted by atomic mass is 10.2. The molecule has 1 aromatic carbocycles. The van der Waals surface area contributed by atoms with Crippen LogP contribution in [0.1, 0.15) is 26.0 Å². The van der Waals surface area contributed by atoms with Crippen LogP contribution in [0.2, 0.25) is 0 Å². The number of para-hydroxylation sites is 1. The number of amides is 1. The van der Waals surface area contributed by atoms with Gasteiger partial charge in [0, 0.05) is 11.4 Å². The highest BCUT2D eigenvalue weighted by Crippen LogP contribution is 2.17. The Hall–Kier alpha value is -1.84. The maximum atomic E-state index is 11.9. The SMILES string of the molecule is CC[C@@H](C)NC(=O)Cn1nc(C)c2ccccc21. The molecular weight excluding hydrogens is 226 g/mol. The Morgan fingerprint density at radius 1 is 1.44 bits per heavy atom. The van der Waals surface area contributed by atoms with Crippen LogP contribution in [0.5, 0.6) is 0 Å². The maximum Gasteiger partial charge on any atom is 0.241 e. The minimum Gasteiger partial charge on any atom is -0.352 e. The van der Waals surface area contributed by atoms with Crippen LogP contribution in [0.25, 0.3) is 10.9 Å². The summed E-state index contributed by atoms with van der Waals surface area (Å²) in [5.41, 5.74) is 1.97. The van der Waals surface area contributed by atoms with Gasteiger partial charge in [0.2, 0.25) is 5.91 Å². The number of nitrogens with one attached hydrogen (secondary N) is 1. The van der Waals surface area contributed by atoms with Gasteiger partial charge in [-0.2, -0.15) is 5.10 Å². The Morgan fingerprint density at radius 2 is 2.17 bits per heavy atom. The van der Waals surface area contributed by atoms with Gasteiger partial charge in [-0.1, -0.05) is 25.1 Å². The molecule has 4 heteroatoms. The first-order chi connectivity index (χ1) is 8.61. The molecule has 0 aliphatic carbocycles. The van der Waals surface area contributed by atoms with Crippen LogP contribution < -0.4 is 5.32 Å². The van der Waals surface area contributed by atoms with Crippen LogP contribution in [-0.4, -0.2) is 21.7 Å². The van der Waals surface area contributed by atoms with E-state index in [0.717, 1.165) is 23.0 Å². The number of fused-ring (bicyclic) bond motifs is 1. The number of carbonyl (C=O) groups excluding carboxylic acids is 1. The summed E-state index contributed by atoms with van der Waals surface area (Å²) in [6.07, 6.45) is 0.935. The molecule has 1 N–H and O–H groups in total. The predicted octanol–water partition coefficient (Wildman–Crippen LogP) is 2.26. The molecule has 4 nitrogen and oxygen atoms in total. The number of aromatic nitrogens is 2. The van der Waals surface area contributed by atoms with Crippen LogP contribution in [0.4, 0.5) is 0 Å². The molecule has 0 fully saturated rings. The van der Waals surface area contributed by atoms with Crippen LogP contribution in [0.15, 0.2) is 24.3 Å². The van der Waals surface area contributed by atoms with Crippen LogP contribution in [0, 0.1) is 6.92 Å². The van der Waals surface area contributed by atoms with Gasteiger partial charge in [-0.15, -0.1) is 0 Å². The largest absolute Gasteiger partial charge is 0.352 e. The molecule has 0 aliphatic rings. The predicted molar refractivity (Wildman–Crippen MR) is 72.4 cm³/mol. The average molecular weight is 245 g/mol. The second kappa shape index (κ2) is 5.21. The molecule has 1 heterocycles. The van der Waals surface area contributed by atoms with Crippen molar-refractivity contribution in [3.05, 3.63) is 30.0 Å². The first-order valence-electron chi connectivity index (χ1n) is 6.33. The second-order valence-electron chi connectivity index (χ2n) is 4.64. The highest BCUT2D eigenvalue weighted by atomic mass is 16.2. The normalized spacial score (nSPS) is 12.6. The molecule has 0 spiro atoms. The molecule has 0 bridgehead atoms. The number of hydrogen-bond donors (Lipinski definition) is 1. The Morgan fingerprint density at radius 3 is 2.89 bits per heavy atom. The lowest BCUT2D eigenvalue weighted by Crippen LogP contribution is -2.34. The summed E-state index contributed by atoms with van der Waals surface area (Å²) >= 11 is 0.